The van der Waals surface area contributed by atoms with Crippen molar-refractivity contribution in [1.82, 2.24) is 20.1 Å². The van der Waals surface area contributed by atoms with Crippen LogP contribution in [0.5, 0.6) is 5.88 Å². The maximum Gasteiger partial charge on any atom is 0.261 e. The summed E-state index contributed by atoms with van der Waals surface area (Å²) >= 11 is 0. The minimum absolute atomic E-state index is 0.242. The molecule has 4 rings (SSSR count). The number of rotatable bonds is 6. The summed E-state index contributed by atoms with van der Waals surface area (Å²) in [6, 6.07) is 15.6. The predicted octanol–water partition coefficient (Wildman–Crippen LogP) is 3.93. The largest absolute Gasteiger partial charge is 0.465 e. The third-order valence-electron chi connectivity index (χ3n) is 4.93. The quantitative estimate of drug-likeness (QED) is 0.527. The highest BCUT2D eigenvalue weighted by Crippen LogP contribution is 2.33. The Kier molecular flexibility index (Phi) is 5.27. The van der Waals surface area contributed by atoms with Crippen LogP contribution in [0.3, 0.4) is 0 Å². The normalized spacial score (nSPS) is 12.1. The molecule has 1 amide bonds. The van der Waals surface area contributed by atoms with Gasteiger partial charge in [0.25, 0.3) is 5.91 Å². The van der Waals surface area contributed by atoms with Crippen molar-refractivity contribution >= 4 is 16.9 Å². The van der Waals surface area contributed by atoms with Crippen molar-refractivity contribution in [3.05, 3.63) is 65.7 Å². The topological polar surface area (TPSA) is 82.2 Å². The lowest BCUT2D eigenvalue weighted by atomic mass is 10.0. The van der Waals surface area contributed by atoms with E-state index >= 15 is 0 Å². The molecule has 7 nitrogen and oxygen atoms in total. The highest BCUT2D eigenvalue weighted by molar-refractivity contribution is 5.95. The second-order valence-electron chi connectivity index (χ2n) is 7.27. The fourth-order valence-corrected chi connectivity index (χ4v) is 3.46. The lowest BCUT2D eigenvalue weighted by Gasteiger charge is -2.15. The van der Waals surface area contributed by atoms with Crippen molar-refractivity contribution in [2.24, 2.45) is 7.05 Å². The van der Waals surface area contributed by atoms with Crippen molar-refractivity contribution in [2.45, 2.75) is 33.4 Å². The summed E-state index contributed by atoms with van der Waals surface area (Å²) in [5.41, 5.74) is 3.61. The Morgan fingerprint density at radius 2 is 1.97 bits per heavy atom. The van der Waals surface area contributed by atoms with Gasteiger partial charge in [0.05, 0.1) is 17.6 Å². The molecule has 3 aromatic heterocycles. The first-order chi connectivity index (χ1) is 14.4. The summed E-state index contributed by atoms with van der Waals surface area (Å²) in [6.07, 6.45) is -0.719. The Balaban J connectivity index is 1.59. The SMILES string of the molecule is Cc1ccc(CNC(=O)[C@@H](C)Oc2cc(-c3ccccc3)c3c(C)nn(C)c3n2)o1. The van der Waals surface area contributed by atoms with Crippen LogP contribution in [0.4, 0.5) is 0 Å². The van der Waals surface area contributed by atoms with Gasteiger partial charge in [0.1, 0.15) is 11.5 Å². The number of furan rings is 1. The Bertz CT molecular complexity index is 1190. The Morgan fingerprint density at radius 1 is 1.20 bits per heavy atom. The van der Waals surface area contributed by atoms with Gasteiger partial charge in [-0.15, -0.1) is 0 Å². The van der Waals surface area contributed by atoms with Crippen LogP contribution < -0.4 is 10.1 Å². The van der Waals surface area contributed by atoms with E-state index in [-0.39, 0.29) is 5.91 Å². The molecule has 0 aliphatic carbocycles. The van der Waals surface area contributed by atoms with Crippen LogP contribution in [0.1, 0.15) is 24.1 Å². The minimum atomic E-state index is -0.719. The third kappa shape index (κ3) is 3.91. The average Bonchev–Trinajstić information content (AvgIpc) is 3.28. The van der Waals surface area contributed by atoms with E-state index in [1.54, 1.807) is 11.6 Å². The molecule has 0 fully saturated rings. The van der Waals surface area contributed by atoms with E-state index in [1.165, 1.54) is 0 Å². The maximum atomic E-state index is 12.5. The van der Waals surface area contributed by atoms with Gasteiger partial charge in [0.15, 0.2) is 11.8 Å². The molecule has 0 aliphatic heterocycles. The van der Waals surface area contributed by atoms with Gasteiger partial charge in [-0.25, -0.2) is 0 Å². The van der Waals surface area contributed by atoms with E-state index in [2.05, 4.69) is 15.4 Å². The van der Waals surface area contributed by atoms with Crippen LogP contribution in [0.25, 0.3) is 22.2 Å². The van der Waals surface area contributed by atoms with Crippen LogP contribution in [0.15, 0.2) is 52.9 Å². The molecule has 1 N–H and O–H groups in total. The lowest BCUT2D eigenvalue weighted by molar-refractivity contribution is -0.127. The fraction of sp³-hybridized carbons (Fsp3) is 0.261. The second kappa shape index (κ2) is 8.02. The summed E-state index contributed by atoms with van der Waals surface area (Å²) in [5, 5.41) is 8.31. The number of aryl methyl sites for hydroxylation is 3. The Labute approximate surface area is 174 Å². The van der Waals surface area contributed by atoms with Gasteiger partial charge in [-0.1, -0.05) is 30.3 Å². The van der Waals surface area contributed by atoms with E-state index < -0.39 is 6.10 Å². The highest BCUT2D eigenvalue weighted by atomic mass is 16.5. The molecule has 4 aromatic rings. The van der Waals surface area contributed by atoms with Gasteiger partial charge in [0.2, 0.25) is 5.88 Å². The summed E-state index contributed by atoms with van der Waals surface area (Å²) in [5.74, 6) is 1.64. The molecule has 1 atom stereocenters. The number of nitrogens with zero attached hydrogens (tertiary/aromatic N) is 3. The van der Waals surface area contributed by atoms with E-state index in [4.69, 9.17) is 9.15 Å². The maximum absolute atomic E-state index is 12.5. The minimum Gasteiger partial charge on any atom is -0.465 e. The number of amides is 1. The number of pyridine rings is 1. The van der Waals surface area contributed by atoms with Gasteiger partial charge in [-0.3, -0.25) is 9.48 Å². The lowest BCUT2D eigenvalue weighted by Crippen LogP contribution is -2.36. The molecular weight excluding hydrogens is 380 g/mol. The highest BCUT2D eigenvalue weighted by Gasteiger charge is 2.19. The summed E-state index contributed by atoms with van der Waals surface area (Å²) < 4.78 is 13.1. The molecule has 0 aliphatic rings. The van der Waals surface area contributed by atoms with Crippen LogP contribution >= 0.6 is 0 Å². The first-order valence-corrected chi connectivity index (χ1v) is 9.82. The van der Waals surface area contributed by atoms with Crippen molar-refractivity contribution in [2.75, 3.05) is 0 Å². The zero-order valence-electron chi connectivity index (χ0n) is 17.5. The molecule has 0 spiro atoms. The van der Waals surface area contributed by atoms with Gasteiger partial charge in [-0.05, 0) is 44.0 Å². The number of aromatic nitrogens is 3. The van der Waals surface area contributed by atoms with Crippen LogP contribution in [-0.2, 0) is 18.4 Å². The van der Waals surface area contributed by atoms with E-state index in [9.17, 15) is 4.79 Å². The molecule has 0 radical (unpaired) electrons. The van der Waals surface area contributed by atoms with Crippen LogP contribution in [-0.4, -0.2) is 26.8 Å². The van der Waals surface area contributed by atoms with E-state index in [1.807, 2.05) is 69.4 Å². The smallest absolute Gasteiger partial charge is 0.261 e. The Hall–Kier alpha value is -3.61. The first-order valence-electron chi connectivity index (χ1n) is 9.82. The molecule has 0 saturated heterocycles. The van der Waals surface area contributed by atoms with E-state index in [0.29, 0.717) is 23.8 Å². The van der Waals surface area contributed by atoms with Gasteiger partial charge in [-0.2, -0.15) is 10.1 Å². The number of ether oxygens (including phenoxy) is 1. The van der Waals surface area contributed by atoms with Crippen molar-refractivity contribution in [3.8, 4) is 17.0 Å². The molecule has 1 aromatic carbocycles. The number of hydrogen-bond donors (Lipinski definition) is 1. The van der Waals surface area contributed by atoms with Crippen molar-refractivity contribution in [1.29, 1.82) is 0 Å². The van der Waals surface area contributed by atoms with Crippen molar-refractivity contribution < 1.29 is 13.9 Å². The summed E-state index contributed by atoms with van der Waals surface area (Å²) in [7, 11) is 1.85. The average molecular weight is 404 g/mol. The summed E-state index contributed by atoms with van der Waals surface area (Å²) in [4.78, 5) is 17.1. The number of nitrogens with one attached hydrogen (secondary N) is 1. The zero-order valence-corrected chi connectivity index (χ0v) is 17.5. The second-order valence-corrected chi connectivity index (χ2v) is 7.27. The molecule has 0 saturated carbocycles. The number of hydrogen-bond acceptors (Lipinski definition) is 5. The molecule has 7 heteroatoms. The molecule has 154 valence electrons. The molecule has 0 bridgehead atoms. The number of carbonyl (C=O) groups is 1. The van der Waals surface area contributed by atoms with Crippen molar-refractivity contribution in [3.63, 3.8) is 0 Å². The number of fused-ring (bicyclic) bond motifs is 1. The molecule has 0 unspecified atom stereocenters. The Morgan fingerprint density at radius 3 is 2.67 bits per heavy atom. The monoisotopic (exact) mass is 404 g/mol. The third-order valence-corrected chi connectivity index (χ3v) is 4.93. The first kappa shape index (κ1) is 19.7. The zero-order chi connectivity index (χ0) is 21.3. The summed E-state index contributed by atoms with van der Waals surface area (Å²) in [6.45, 7) is 5.83. The standard InChI is InChI=1S/C23H24N4O3/c1-14-10-11-18(29-14)13-24-23(28)16(3)30-20-12-19(17-8-6-5-7-9-17)21-15(2)26-27(4)22(21)25-20/h5-12,16H,13H2,1-4H3,(H,24,28)/t16-/m1/s1. The van der Waals surface area contributed by atoms with Gasteiger partial charge in [0, 0.05) is 13.1 Å². The predicted molar refractivity (Wildman–Crippen MR) is 114 cm³/mol. The fourth-order valence-electron chi connectivity index (χ4n) is 3.46. The molecule has 30 heavy (non-hydrogen) atoms. The molecule has 3 heterocycles. The van der Waals surface area contributed by atoms with Crippen LogP contribution in [0.2, 0.25) is 0 Å². The van der Waals surface area contributed by atoms with Gasteiger partial charge >= 0.3 is 0 Å². The number of benzene rings is 1. The molecular formula is C23H24N4O3. The van der Waals surface area contributed by atoms with Gasteiger partial charge < -0.3 is 14.5 Å². The van der Waals surface area contributed by atoms with E-state index in [0.717, 1.165) is 28.0 Å². The number of carbonyl (C=O) groups excluding carboxylic acids is 1. The van der Waals surface area contributed by atoms with Crippen LogP contribution in [0, 0.1) is 13.8 Å².